The van der Waals surface area contributed by atoms with Gasteiger partial charge in [0.05, 0.1) is 5.60 Å². The summed E-state index contributed by atoms with van der Waals surface area (Å²) < 4.78 is 0. The van der Waals surface area contributed by atoms with Crippen molar-refractivity contribution in [1.82, 2.24) is 15.2 Å². The summed E-state index contributed by atoms with van der Waals surface area (Å²) in [4.78, 5) is 19.7. The van der Waals surface area contributed by atoms with E-state index in [1.54, 1.807) is 12.4 Å². The third-order valence-electron chi connectivity index (χ3n) is 8.61. The zero-order valence-electron chi connectivity index (χ0n) is 16.5. The predicted molar refractivity (Wildman–Crippen MR) is 105 cm³/mol. The van der Waals surface area contributed by atoms with Crippen molar-refractivity contribution in [3.8, 4) is 0 Å². The van der Waals surface area contributed by atoms with E-state index in [0.717, 1.165) is 36.2 Å². The van der Waals surface area contributed by atoms with Gasteiger partial charge in [-0.25, -0.2) is 4.79 Å². The first kappa shape index (κ1) is 17.3. The van der Waals surface area contributed by atoms with Gasteiger partial charge in [-0.3, -0.25) is 4.98 Å². The highest BCUT2D eigenvalue weighted by atomic mass is 16.3. The Morgan fingerprint density at radius 2 is 1.64 bits per heavy atom. The van der Waals surface area contributed by atoms with Gasteiger partial charge in [0.1, 0.15) is 0 Å². The molecule has 3 heterocycles. The Morgan fingerprint density at radius 1 is 1.04 bits per heavy atom. The van der Waals surface area contributed by atoms with Crippen LogP contribution in [0.1, 0.15) is 69.8 Å². The van der Waals surface area contributed by atoms with E-state index in [9.17, 15) is 9.90 Å². The van der Waals surface area contributed by atoms with Crippen LogP contribution in [0.25, 0.3) is 0 Å². The average Bonchev–Trinajstić information content (AvgIpc) is 2.93. The summed E-state index contributed by atoms with van der Waals surface area (Å²) in [6, 6.07) is 4.28. The molecule has 6 aliphatic rings. The molecule has 0 aromatic carbocycles. The molecule has 1 aromatic rings. The maximum atomic E-state index is 13.4. The molecule has 2 N–H and O–H groups in total. The number of hydrogen-bond acceptors (Lipinski definition) is 3. The fourth-order valence-corrected chi connectivity index (χ4v) is 7.99. The highest BCUT2D eigenvalue weighted by Crippen LogP contribution is 2.56. The summed E-state index contributed by atoms with van der Waals surface area (Å²) in [6.07, 6.45) is 14.5. The van der Waals surface area contributed by atoms with Gasteiger partial charge < -0.3 is 15.3 Å². The molecule has 2 saturated heterocycles. The second-order valence-corrected chi connectivity index (χ2v) is 10.6. The largest absolute Gasteiger partial charge is 0.385 e. The Bertz CT molecular complexity index is 730. The number of piperidine rings is 1. The lowest BCUT2D eigenvalue weighted by molar-refractivity contribution is -0.0494. The molecule has 0 unspecified atom stereocenters. The molecule has 2 aliphatic heterocycles. The van der Waals surface area contributed by atoms with Crippen LogP contribution < -0.4 is 5.32 Å². The molecule has 4 saturated carbocycles. The van der Waals surface area contributed by atoms with Gasteiger partial charge in [0, 0.05) is 48.4 Å². The zero-order chi connectivity index (χ0) is 18.9. The Labute approximate surface area is 166 Å². The molecule has 28 heavy (non-hydrogen) atoms. The van der Waals surface area contributed by atoms with E-state index in [2.05, 4.69) is 15.2 Å². The third-order valence-corrected chi connectivity index (χ3v) is 8.61. The summed E-state index contributed by atoms with van der Waals surface area (Å²) in [5.41, 5.74) is 0.105. The normalized spacial score (nSPS) is 46.0. The predicted octanol–water partition coefficient (Wildman–Crippen LogP) is 3.57. The lowest BCUT2D eigenvalue weighted by atomic mass is 9.53. The number of nitrogens with zero attached hydrogens (tertiary/aromatic N) is 2. The molecule has 7 rings (SSSR count). The molecule has 4 aliphatic carbocycles. The monoisotopic (exact) mass is 381 g/mol. The van der Waals surface area contributed by atoms with Crippen LogP contribution in [0.5, 0.6) is 0 Å². The number of nitrogens with one attached hydrogen (secondary N) is 1. The van der Waals surface area contributed by atoms with Crippen LogP contribution in [0.15, 0.2) is 24.5 Å². The zero-order valence-corrected chi connectivity index (χ0v) is 16.5. The highest BCUT2D eigenvalue weighted by Gasteiger charge is 2.54. The molecule has 1 aromatic heterocycles. The molecular formula is C23H31N3O2. The quantitative estimate of drug-likeness (QED) is 0.823. The second-order valence-electron chi connectivity index (χ2n) is 10.6. The molecule has 6 fully saturated rings. The van der Waals surface area contributed by atoms with E-state index in [4.69, 9.17) is 0 Å². The van der Waals surface area contributed by atoms with Gasteiger partial charge in [0.2, 0.25) is 0 Å². The second kappa shape index (κ2) is 5.94. The van der Waals surface area contributed by atoms with Crippen molar-refractivity contribution in [2.24, 2.45) is 17.8 Å². The van der Waals surface area contributed by atoms with Crippen molar-refractivity contribution in [1.29, 1.82) is 0 Å². The maximum absolute atomic E-state index is 13.4. The molecule has 0 spiro atoms. The van der Waals surface area contributed by atoms with E-state index >= 15 is 0 Å². The van der Waals surface area contributed by atoms with Crippen molar-refractivity contribution < 1.29 is 9.90 Å². The number of rotatable bonds is 2. The lowest BCUT2D eigenvalue weighted by Gasteiger charge is -2.57. The van der Waals surface area contributed by atoms with Crippen molar-refractivity contribution in [3.05, 3.63) is 30.1 Å². The minimum absolute atomic E-state index is 0.0579. The molecule has 5 heteroatoms. The molecule has 150 valence electrons. The minimum Gasteiger partial charge on any atom is -0.385 e. The van der Waals surface area contributed by atoms with Gasteiger partial charge in [0.15, 0.2) is 0 Å². The first-order valence-electron chi connectivity index (χ1n) is 11.3. The number of carbonyl (C=O) groups excluding carboxylic acids is 1. The van der Waals surface area contributed by atoms with Gasteiger partial charge in [0.25, 0.3) is 0 Å². The number of aliphatic hydroxyl groups is 1. The van der Waals surface area contributed by atoms with Crippen molar-refractivity contribution in [2.75, 3.05) is 0 Å². The van der Waals surface area contributed by atoms with E-state index in [-0.39, 0.29) is 23.7 Å². The third kappa shape index (κ3) is 2.62. The van der Waals surface area contributed by atoms with Crippen LogP contribution in [0, 0.1) is 17.8 Å². The van der Waals surface area contributed by atoms with Crippen molar-refractivity contribution in [3.63, 3.8) is 0 Å². The summed E-state index contributed by atoms with van der Waals surface area (Å²) >= 11 is 0. The number of urea groups is 1. The number of hydrogen-bond donors (Lipinski definition) is 2. The van der Waals surface area contributed by atoms with Crippen LogP contribution >= 0.6 is 0 Å². The van der Waals surface area contributed by atoms with E-state index in [0.29, 0.717) is 12.8 Å². The maximum Gasteiger partial charge on any atom is 0.318 e. The highest BCUT2D eigenvalue weighted by molar-refractivity contribution is 5.76. The molecule has 6 bridgehead atoms. The molecule has 2 amide bonds. The smallest absolute Gasteiger partial charge is 0.318 e. The summed E-state index contributed by atoms with van der Waals surface area (Å²) in [5, 5.41) is 14.9. The standard InChI is InChI=1S/C23H31N3O2/c27-21(25-22-9-15-6-16(10-22)8-17(7-15)11-22)26-19-3-4-20(26)13-23(28,12-19)18-2-1-5-24-14-18/h1-2,5,14-17,19-20,28H,3-4,6-13H2,(H,25,27)/t15?,16?,17?,19-,20-,22?/m0/s1. The SMILES string of the molecule is O=C(NC12CC3CC(CC(C3)C1)C2)N1[C@H]2CC[C@H]1CC(O)(c1cccnc1)C2. The van der Waals surface area contributed by atoms with Crippen molar-refractivity contribution >= 4 is 6.03 Å². The van der Waals surface area contributed by atoms with E-state index in [1.807, 2.05) is 12.1 Å². The number of amides is 2. The van der Waals surface area contributed by atoms with Crippen LogP contribution in [-0.4, -0.2) is 38.6 Å². The Balaban J connectivity index is 1.20. The molecule has 0 radical (unpaired) electrons. The van der Waals surface area contributed by atoms with E-state index in [1.165, 1.54) is 38.5 Å². The number of carbonyl (C=O) groups is 1. The molecule has 2 atom stereocenters. The fourth-order valence-electron chi connectivity index (χ4n) is 7.99. The minimum atomic E-state index is -0.850. The van der Waals surface area contributed by atoms with Crippen LogP contribution in [0.2, 0.25) is 0 Å². The van der Waals surface area contributed by atoms with Crippen LogP contribution in [0.4, 0.5) is 4.79 Å². The summed E-state index contributed by atoms with van der Waals surface area (Å²) in [5.74, 6) is 2.50. The fraction of sp³-hybridized carbons (Fsp3) is 0.739. The van der Waals surface area contributed by atoms with Crippen LogP contribution in [-0.2, 0) is 5.60 Å². The number of aromatic nitrogens is 1. The van der Waals surface area contributed by atoms with Gasteiger partial charge >= 0.3 is 6.03 Å². The Morgan fingerprint density at radius 3 is 2.18 bits per heavy atom. The Hall–Kier alpha value is -1.62. The molecular weight excluding hydrogens is 350 g/mol. The lowest BCUT2D eigenvalue weighted by Crippen LogP contribution is -2.64. The van der Waals surface area contributed by atoms with Gasteiger partial charge in [-0.2, -0.15) is 0 Å². The first-order chi connectivity index (χ1) is 13.5. The summed E-state index contributed by atoms with van der Waals surface area (Å²) in [7, 11) is 0. The van der Waals surface area contributed by atoms with Gasteiger partial charge in [-0.1, -0.05) is 6.07 Å². The average molecular weight is 382 g/mol. The summed E-state index contributed by atoms with van der Waals surface area (Å²) in [6.45, 7) is 0. The number of fused-ring (bicyclic) bond motifs is 2. The topological polar surface area (TPSA) is 65.5 Å². The van der Waals surface area contributed by atoms with Gasteiger partial charge in [-0.05, 0) is 75.2 Å². The van der Waals surface area contributed by atoms with Crippen LogP contribution in [0.3, 0.4) is 0 Å². The van der Waals surface area contributed by atoms with Crippen molar-refractivity contribution in [2.45, 2.75) is 87.4 Å². The molecule has 5 nitrogen and oxygen atoms in total. The Kier molecular flexibility index (Phi) is 3.66. The first-order valence-corrected chi connectivity index (χ1v) is 11.3. The van der Waals surface area contributed by atoms with E-state index < -0.39 is 5.60 Å². The van der Waals surface area contributed by atoms with Gasteiger partial charge in [-0.15, -0.1) is 0 Å². The number of pyridine rings is 1.